The molecule has 0 bridgehead atoms. The van der Waals surface area contributed by atoms with E-state index >= 15 is 0 Å². The van der Waals surface area contributed by atoms with Crippen LogP contribution in [0.25, 0.3) is 0 Å². The van der Waals surface area contributed by atoms with Gasteiger partial charge in [0.1, 0.15) is 12.2 Å². The number of carbonyl (C=O) groups is 4. The van der Waals surface area contributed by atoms with Crippen molar-refractivity contribution < 1.29 is 33.4 Å². The second-order valence-electron chi connectivity index (χ2n) is 13.7. The Balaban J connectivity index is 1.46. The standard InChI is InChI=1S/C37H49NO7/c1-5-43-32(39)28-16-18-31(19-17-28)38-35(42)37(20-9-10-21-37)24-30(34(41)45-36(2,3)4)23-27-14-11-15-29(22-27)33(40)44-25-26-12-7-6-8-13-26/h6-8,11-15,22,28,30-31H,5,9-10,16-21,23-25H2,1-4H3,(H,38,42). The Morgan fingerprint density at radius 1 is 0.889 bits per heavy atom. The Morgan fingerprint density at radius 3 is 2.20 bits per heavy atom. The molecule has 0 aliphatic heterocycles. The highest BCUT2D eigenvalue weighted by Gasteiger charge is 2.45. The van der Waals surface area contributed by atoms with Gasteiger partial charge in [-0.15, -0.1) is 0 Å². The van der Waals surface area contributed by atoms with Crippen molar-refractivity contribution >= 4 is 23.8 Å². The number of amides is 1. The average Bonchev–Trinajstić information content (AvgIpc) is 3.50. The molecule has 0 saturated heterocycles. The predicted molar refractivity (Wildman–Crippen MR) is 171 cm³/mol. The van der Waals surface area contributed by atoms with Gasteiger partial charge in [-0.05, 0) is 102 Å². The quantitative estimate of drug-likeness (QED) is 0.207. The van der Waals surface area contributed by atoms with Crippen LogP contribution in [0.4, 0.5) is 0 Å². The summed E-state index contributed by atoms with van der Waals surface area (Å²) in [5, 5.41) is 3.30. The minimum Gasteiger partial charge on any atom is -0.466 e. The first kappa shape index (κ1) is 34.2. The van der Waals surface area contributed by atoms with Gasteiger partial charge < -0.3 is 19.5 Å². The zero-order valence-electron chi connectivity index (χ0n) is 27.3. The van der Waals surface area contributed by atoms with Crippen molar-refractivity contribution in [1.82, 2.24) is 5.32 Å². The van der Waals surface area contributed by atoms with Crippen molar-refractivity contribution in [3.05, 3.63) is 71.3 Å². The van der Waals surface area contributed by atoms with E-state index in [4.69, 9.17) is 14.2 Å². The van der Waals surface area contributed by atoms with Crippen LogP contribution >= 0.6 is 0 Å². The Labute approximate surface area is 267 Å². The Bertz CT molecular complexity index is 1300. The number of hydrogen-bond acceptors (Lipinski definition) is 7. The lowest BCUT2D eigenvalue weighted by molar-refractivity contribution is -0.161. The second-order valence-corrected chi connectivity index (χ2v) is 13.7. The minimum atomic E-state index is -0.679. The van der Waals surface area contributed by atoms with Crippen LogP contribution in [0.15, 0.2) is 54.6 Å². The summed E-state index contributed by atoms with van der Waals surface area (Å²) in [6.45, 7) is 7.89. The molecule has 2 aliphatic carbocycles. The molecular weight excluding hydrogens is 570 g/mol. The molecule has 2 fully saturated rings. The number of nitrogens with one attached hydrogen (secondary N) is 1. The number of rotatable bonds is 12. The molecule has 0 heterocycles. The molecule has 1 atom stereocenters. The predicted octanol–water partition coefficient (Wildman–Crippen LogP) is 6.73. The van der Waals surface area contributed by atoms with Crippen molar-refractivity contribution in [3.8, 4) is 0 Å². The topological polar surface area (TPSA) is 108 Å². The average molecular weight is 620 g/mol. The molecule has 45 heavy (non-hydrogen) atoms. The summed E-state index contributed by atoms with van der Waals surface area (Å²) in [4.78, 5) is 52.7. The zero-order valence-corrected chi connectivity index (χ0v) is 27.3. The molecule has 8 heteroatoms. The fraction of sp³-hybridized carbons (Fsp3) is 0.568. The molecule has 2 aromatic carbocycles. The van der Waals surface area contributed by atoms with Crippen molar-refractivity contribution in [2.45, 2.75) is 110 Å². The van der Waals surface area contributed by atoms with Crippen LogP contribution in [-0.4, -0.2) is 42.1 Å². The summed E-state index contributed by atoms with van der Waals surface area (Å²) in [6, 6.07) is 16.7. The fourth-order valence-corrected chi connectivity index (χ4v) is 6.66. The molecule has 244 valence electrons. The van der Waals surface area contributed by atoms with Gasteiger partial charge in [0, 0.05) is 6.04 Å². The van der Waals surface area contributed by atoms with Crippen molar-refractivity contribution in [2.24, 2.45) is 17.3 Å². The van der Waals surface area contributed by atoms with Crippen LogP contribution in [0.1, 0.15) is 107 Å². The molecule has 0 radical (unpaired) electrons. The number of benzene rings is 2. The van der Waals surface area contributed by atoms with Gasteiger partial charge in [0.25, 0.3) is 0 Å². The van der Waals surface area contributed by atoms with Crippen LogP contribution in [0.5, 0.6) is 0 Å². The molecule has 1 N–H and O–H groups in total. The van der Waals surface area contributed by atoms with Crippen LogP contribution in [0, 0.1) is 17.3 Å². The number of ether oxygens (including phenoxy) is 3. The fourth-order valence-electron chi connectivity index (χ4n) is 6.66. The van der Waals surface area contributed by atoms with E-state index in [0.29, 0.717) is 50.7 Å². The van der Waals surface area contributed by atoms with Crippen LogP contribution in [0.2, 0.25) is 0 Å². The lowest BCUT2D eigenvalue weighted by atomic mass is 9.74. The van der Waals surface area contributed by atoms with Gasteiger partial charge >= 0.3 is 17.9 Å². The van der Waals surface area contributed by atoms with E-state index in [1.165, 1.54) is 0 Å². The molecule has 4 rings (SSSR count). The maximum absolute atomic E-state index is 14.0. The Morgan fingerprint density at radius 2 is 1.56 bits per heavy atom. The third kappa shape index (κ3) is 9.90. The summed E-state index contributed by atoms with van der Waals surface area (Å²) in [6.07, 6.45) is 6.83. The lowest BCUT2D eigenvalue weighted by Gasteiger charge is -2.35. The van der Waals surface area contributed by atoms with E-state index in [2.05, 4.69) is 5.32 Å². The van der Waals surface area contributed by atoms with E-state index in [0.717, 1.165) is 36.8 Å². The first-order valence-electron chi connectivity index (χ1n) is 16.5. The smallest absolute Gasteiger partial charge is 0.338 e. The van der Waals surface area contributed by atoms with Crippen molar-refractivity contribution in [1.29, 1.82) is 0 Å². The monoisotopic (exact) mass is 619 g/mol. The SMILES string of the molecule is CCOC(=O)C1CCC(NC(=O)C2(CC(Cc3cccc(C(=O)OCc4ccccc4)c3)C(=O)OC(C)(C)C)CCCC2)CC1. The highest BCUT2D eigenvalue weighted by molar-refractivity contribution is 5.89. The van der Waals surface area contributed by atoms with Gasteiger partial charge in [-0.25, -0.2) is 4.79 Å². The molecule has 0 spiro atoms. The summed E-state index contributed by atoms with van der Waals surface area (Å²) in [5.41, 5.74) is 0.774. The molecule has 2 aliphatic rings. The summed E-state index contributed by atoms with van der Waals surface area (Å²) >= 11 is 0. The van der Waals surface area contributed by atoms with E-state index < -0.39 is 22.9 Å². The first-order chi connectivity index (χ1) is 21.5. The molecule has 1 unspecified atom stereocenters. The van der Waals surface area contributed by atoms with Gasteiger partial charge in [-0.2, -0.15) is 0 Å². The van der Waals surface area contributed by atoms with Crippen molar-refractivity contribution in [2.75, 3.05) is 6.61 Å². The van der Waals surface area contributed by atoms with Crippen LogP contribution < -0.4 is 5.32 Å². The van der Waals surface area contributed by atoms with Crippen LogP contribution in [0.3, 0.4) is 0 Å². The maximum Gasteiger partial charge on any atom is 0.338 e. The highest BCUT2D eigenvalue weighted by Crippen LogP contribution is 2.45. The van der Waals surface area contributed by atoms with Gasteiger partial charge in [0.2, 0.25) is 5.91 Å². The summed E-state index contributed by atoms with van der Waals surface area (Å²) in [5.74, 6) is -1.60. The van der Waals surface area contributed by atoms with Crippen molar-refractivity contribution in [3.63, 3.8) is 0 Å². The second kappa shape index (κ2) is 15.5. The van der Waals surface area contributed by atoms with Gasteiger partial charge in [-0.1, -0.05) is 55.3 Å². The Hall–Kier alpha value is -3.68. The lowest BCUT2D eigenvalue weighted by Crippen LogP contribution is -2.47. The van der Waals surface area contributed by atoms with Gasteiger partial charge in [-0.3, -0.25) is 14.4 Å². The van der Waals surface area contributed by atoms with E-state index in [1.54, 1.807) is 18.2 Å². The van der Waals surface area contributed by atoms with Gasteiger partial charge in [0.15, 0.2) is 0 Å². The minimum absolute atomic E-state index is 0.000733. The maximum atomic E-state index is 14.0. The first-order valence-corrected chi connectivity index (χ1v) is 16.5. The third-order valence-electron chi connectivity index (χ3n) is 8.96. The van der Waals surface area contributed by atoms with E-state index in [-0.39, 0.29) is 36.4 Å². The zero-order chi connectivity index (χ0) is 32.5. The number of carbonyl (C=O) groups excluding carboxylic acids is 4. The van der Waals surface area contributed by atoms with Gasteiger partial charge in [0.05, 0.1) is 29.4 Å². The number of hydrogen-bond donors (Lipinski definition) is 1. The third-order valence-corrected chi connectivity index (χ3v) is 8.96. The normalized spacial score (nSPS) is 20.1. The molecule has 2 aromatic rings. The van der Waals surface area contributed by atoms with Crippen LogP contribution in [-0.2, 0) is 41.6 Å². The molecule has 0 aromatic heterocycles. The highest BCUT2D eigenvalue weighted by atomic mass is 16.6. The summed E-state index contributed by atoms with van der Waals surface area (Å²) < 4.78 is 16.6. The molecule has 8 nitrogen and oxygen atoms in total. The molecular formula is C37H49NO7. The molecule has 1 amide bonds. The Kier molecular flexibility index (Phi) is 11.8. The van der Waals surface area contributed by atoms with E-state index in [9.17, 15) is 19.2 Å². The molecule has 2 saturated carbocycles. The summed E-state index contributed by atoms with van der Waals surface area (Å²) in [7, 11) is 0. The largest absolute Gasteiger partial charge is 0.466 e. The van der Waals surface area contributed by atoms with E-state index in [1.807, 2.05) is 64.1 Å². The number of esters is 3.